The number of alkyl halides is 1. The van der Waals surface area contributed by atoms with Crippen LogP contribution < -0.4 is 0 Å². The minimum Gasteiger partial charge on any atom is -0.331 e. The Balaban J connectivity index is 2.36. The lowest BCUT2D eigenvalue weighted by Crippen LogP contribution is -2.44. The number of rotatable bonds is 1. The number of halogens is 1. The van der Waals surface area contributed by atoms with Gasteiger partial charge in [0.05, 0.1) is 0 Å². The molecular weight excluding hydrogens is 232 g/mol. The summed E-state index contributed by atoms with van der Waals surface area (Å²) in [6.07, 6.45) is 2.26. The maximum absolute atomic E-state index is 11.5. The standard InChI is InChI=1S/C9H17BrN2O/c1-11(2)9(13)12-5-3-8(7-10)4-6-12/h8H,3-7H2,1-2H3. The number of carbonyl (C=O) groups excluding carboxylic acids is 1. The molecule has 0 saturated carbocycles. The maximum atomic E-state index is 11.5. The van der Waals surface area contributed by atoms with Gasteiger partial charge in [-0.1, -0.05) is 15.9 Å². The zero-order chi connectivity index (χ0) is 9.84. The normalized spacial score (nSPS) is 18.8. The van der Waals surface area contributed by atoms with Gasteiger partial charge in [0.1, 0.15) is 0 Å². The molecule has 0 aromatic rings. The fraction of sp³-hybridized carbons (Fsp3) is 0.889. The Morgan fingerprint density at radius 3 is 2.38 bits per heavy atom. The highest BCUT2D eigenvalue weighted by molar-refractivity contribution is 9.09. The molecule has 0 atom stereocenters. The van der Waals surface area contributed by atoms with E-state index >= 15 is 0 Å². The molecule has 0 spiro atoms. The van der Waals surface area contributed by atoms with Crippen LogP contribution in [0.2, 0.25) is 0 Å². The SMILES string of the molecule is CN(C)C(=O)N1CCC(CBr)CC1. The minimum absolute atomic E-state index is 0.146. The largest absolute Gasteiger partial charge is 0.331 e. The first-order valence-electron chi connectivity index (χ1n) is 4.67. The molecule has 13 heavy (non-hydrogen) atoms. The van der Waals surface area contributed by atoms with Gasteiger partial charge in [-0.3, -0.25) is 0 Å². The van der Waals surface area contributed by atoms with E-state index in [9.17, 15) is 4.79 Å². The summed E-state index contributed by atoms with van der Waals surface area (Å²) in [6, 6.07) is 0.146. The average molecular weight is 249 g/mol. The molecule has 1 rings (SSSR count). The Morgan fingerprint density at radius 2 is 2.00 bits per heavy atom. The Bertz CT molecular complexity index is 176. The second-order valence-corrected chi connectivity index (χ2v) is 4.41. The van der Waals surface area contributed by atoms with Gasteiger partial charge in [-0.25, -0.2) is 4.79 Å². The summed E-state index contributed by atoms with van der Waals surface area (Å²) in [4.78, 5) is 15.1. The fourth-order valence-corrected chi connectivity index (χ4v) is 2.21. The summed E-state index contributed by atoms with van der Waals surface area (Å²) in [5.41, 5.74) is 0. The number of nitrogens with zero attached hydrogens (tertiary/aromatic N) is 2. The molecular formula is C9H17BrN2O. The lowest BCUT2D eigenvalue weighted by Gasteiger charge is -2.32. The molecule has 1 aliphatic heterocycles. The van der Waals surface area contributed by atoms with Gasteiger partial charge in [-0.2, -0.15) is 0 Å². The number of urea groups is 1. The van der Waals surface area contributed by atoms with Gasteiger partial charge in [-0.05, 0) is 18.8 Å². The van der Waals surface area contributed by atoms with Crippen LogP contribution in [0.25, 0.3) is 0 Å². The third-order valence-corrected chi connectivity index (χ3v) is 3.40. The van der Waals surface area contributed by atoms with E-state index in [-0.39, 0.29) is 6.03 Å². The van der Waals surface area contributed by atoms with Crippen molar-refractivity contribution >= 4 is 22.0 Å². The Labute approximate surface area is 88.2 Å². The lowest BCUT2D eigenvalue weighted by molar-refractivity contribution is 0.151. The van der Waals surface area contributed by atoms with Gasteiger partial charge in [0.2, 0.25) is 0 Å². The van der Waals surface area contributed by atoms with Crippen molar-refractivity contribution in [2.75, 3.05) is 32.5 Å². The number of amides is 2. The highest BCUT2D eigenvalue weighted by Gasteiger charge is 2.22. The third kappa shape index (κ3) is 2.86. The van der Waals surface area contributed by atoms with Crippen LogP contribution in [-0.4, -0.2) is 48.3 Å². The summed E-state index contributed by atoms with van der Waals surface area (Å²) >= 11 is 3.48. The summed E-state index contributed by atoms with van der Waals surface area (Å²) in [5.74, 6) is 0.756. The third-order valence-electron chi connectivity index (χ3n) is 2.49. The van der Waals surface area contributed by atoms with Gasteiger partial charge in [0, 0.05) is 32.5 Å². The maximum Gasteiger partial charge on any atom is 0.319 e. The van der Waals surface area contributed by atoms with Crippen LogP contribution in [0.4, 0.5) is 4.79 Å². The average Bonchev–Trinajstić information content (AvgIpc) is 2.17. The van der Waals surface area contributed by atoms with Crippen LogP contribution in [0.15, 0.2) is 0 Å². The van der Waals surface area contributed by atoms with E-state index in [1.54, 1.807) is 19.0 Å². The Kier molecular flexibility index (Phi) is 4.03. The smallest absolute Gasteiger partial charge is 0.319 e. The number of hydrogen-bond acceptors (Lipinski definition) is 1. The highest BCUT2D eigenvalue weighted by Crippen LogP contribution is 2.19. The second-order valence-electron chi connectivity index (χ2n) is 3.76. The van der Waals surface area contributed by atoms with Gasteiger partial charge in [0.25, 0.3) is 0 Å². The second kappa shape index (κ2) is 4.84. The zero-order valence-corrected chi connectivity index (χ0v) is 9.88. The Hall–Kier alpha value is -0.250. The number of hydrogen-bond donors (Lipinski definition) is 0. The van der Waals surface area contributed by atoms with Crippen molar-refractivity contribution in [1.29, 1.82) is 0 Å². The zero-order valence-electron chi connectivity index (χ0n) is 8.29. The molecule has 3 nitrogen and oxygen atoms in total. The molecule has 1 aliphatic rings. The van der Waals surface area contributed by atoms with E-state index in [1.165, 1.54) is 0 Å². The van der Waals surface area contributed by atoms with Gasteiger partial charge < -0.3 is 9.80 Å². The first-order valence-corrected chi connectivity index (χ1v) is 5.79. The van der Waals surface area contributed by atoms with Crippen LogP contribution in [0.3, 0.4) is 0 Å². The predicted molar refractivity (Wildman–Crippen MR) is 57.2 cm³/mol. The van der Waals surface area contributed by atoms with Crippen molar-refractivity contribution in [3.8, 4) is 0 Å². The van der Waals surface area contributed by atoms with E-state index in [0.717, 1.165) is 37.2 Å². The molecule has 0 aromatic heterocycles. The summed E-state index contributed by atoms with van der Waals surface area (Å²) in [6.45, 7) is 1.82. The fourth-order valence-electron chi connectivity index (χ4n) is 1.56. The van der Waals surface area contributed by atoms with Crippen LogP contribution >= 0.6 is 15.9 Å². The first-order chi connectivity index (χ1) is 6.15. The molecule has 1 fully saturated rings. The van der Waals surface area contributed by atoms with E-state index in [4.69, 9.17) is 0 Å². The van der Waals surface area contributed by atoms with Crippen LogP contribution in [0.1, 0.15) is 12.8 Å². The quantitative estimate of drug-likeness (QED) is 0.650. The molecule has 76 valence electrons. The summed E-state index contributed by atoms with van der Waals surface area (Å²) in [7, 11) is 3.61. The topological polar surface area (TPSA) is 23.6 Å². The molecule has 0 bridgehead atoms. The molecule has 0 radical (unpaired) electrons. The molecule has 0 aliphatic carbocycles. The van der Waals surface area contributed by atoms with Crippen molar-refractivity contribution < 1.29 is 4.79 Å². The molecule has 4 heteroatoms. The minimum atomic E-state index is 0.146. The molecule has 1 saturated heterocycles. The first kappa shape index (κ1) is 10.8. The van der Waals surface area contributed by atoms with Crippen molar-refractivity contribution in [2.24, 2.45) is 5.92 Å². The van der Waals surface area contributed by atoms with Crippen LogP contribution in [0.5, 0.6) is 0 Å². The van der Waals surface area contributed by atoms with Gasteiger partial charge in [-0.15, -0.1) is 0 Å². The van der Waals surface area contributed by atoms with E-state index in [2.05, 4.69) is 15.9 Å². The monoisotopic (exact) mass is 248 g/mol. The molecule has 0 N–H and O–H groups in total. The molecule has 2 amide bonds. The van der Waals surface area contributed by atoms with Crippen molar-refractivity contribution in [3.63, 3.8) is 0 Å². The van der Waals surface area contributed by atoms with Gasteiger partial charge in [0.15, 0.2) is 0 Å². The van der Waals surface area contributed by atoms with E-state index < -0.39 is 0 Å². The number of likely N-dealkylation sites (tertiary alicyclic amines) is 1. The molecule has 0 unspecified atom stereocenters. The highest BCUT2D eigenvalue weighted by atomic mass is 79.9. The van der Waals surface area contributed by atoms with Crippen LogP contribution in [0, 0.1) is 5.92 Å². The van der Waals surface area contributed by atoms with Crippen molar-refractivity contribution in [1.82, 2.24) is 9.80 Å². The lowest BCUT2D eigenvalue weighted by atomic mass is 9.99. The van der Waals surface area contributed by atoms with Gasteiger partial charge >= 0.3 is 6.03 Å². The Morgan fingerprint density at radius 1 is 1.46 bits per heavy atom. The van der Waals surface area contributed by atoms with E-state index in [0.29, 0.717) is 0 Å². The summed E-state index contributed by atoms with van der Waals surface area (Å²) < 4.78 is 0. The molecule has 1 heterocycles. The molecule has 0 aromatic carbocycles. The predicted octanol–water partition coefficient (Wildman–Crippen LogP) is 1.77. The van der Waals surface area contributed by atoms with E-state index in [1.807, 2.05) is 4.90 Å². The van der Waals surface area contributed by atoms with Crippen LogP contribution in [-0.2, 0) is 0 Å². The number of carbonyl (C=O) groups is 1. The van der Waals surface area contributed by atoms with Crippen molar-refractivity contribution in [3.05, 3.63) is 0 Å². The number of piperidine rings is 1. The summed E-state index contributed by atoms with van der Waals surface area (Å²) in [5, 5.41) is 1.07. The van der Waals surface area contributed by atoms with Crippen molar-refractivity contribution in [2.45, 2.75) is 12.8 Å².